The van der Waals surface area contributed by atoms with Crippen LogP contribution in [-0.2, 0) is 18.3 Å². The molecule has 1 amide bonds. The van der Waals surface area contributed by atoms with Crippen LogP contribution in [0.5, 0.6) is 0 Å². The maximum absolute atomic E-state index is 13.4. The summed E-state index contributed by atoms with van der Waals surface area (Å²) >= 11 is 0. The summed E-state index contributed by atoms with van der Waals surface area (Å²) in [6.45, 7) is 6.38. The quantitative estimate of drug-likeness (QED) is 0.864. The van der Waals surface area contributed by atoms with Crippen molar-refractivity contribution in [3.8, 4) is 0 Å². The maximum atomic E-state index is 13.4. The molecule has 1 N–H and O–H groups in total. The minimum atomic E-state index is -0.0747. The Kier molecular flexibility index (Phi) is 4.06. The Labute approximate surface area is 171 Å². The molecule has 29 heavy (non-hydrogen) atoms. The van der Waals surface area contributed by atoms with Crippen LogP contribution in [0.15, 0.2) is 34.9 Å². The van der Waals surface area contributed by atoms with Gasteiger partial charge in [0.15, 0.2) is 0 Å². The van der Waals surface area contributed by atoms with Crippen LogP contribution in [0, 0.1) is 5.92 Å². The smallest absolute Gasteiger partial charge is 0.290 e. The summed E-state index contributed by atoms with van der Waals surface area (Å²) in [5.41, 5.74) is 3.29. The second kappa shape index (κ2) is 6.67. The van der Waals surface area contributed by atoms with Gasteiger partial charge in [0.2, 0.25) is 5.76 Å². The topological polar surface area (TPSA) is 61.6 Å². The number of amides is 1. The zero-order valence-corrected chi connectivity index (χ0v) is 16.8. The van der Waals surface area contributed by atoms with Gasteiger partial charge >= 0.3 is 0 Å². The lowest BCUT2D eigenvalue weighted by molar-refractivity contribution is 0.0173. The van der Waals surface area contributed by atoms with Gasteiger partial charge in [-0.15, -0.1) is 0 Å². The second-order valence-corrected chi connectivity index (χ2v) is 9.35. The van der Waals surface area contributed by atoms with E-state index in [4.69, 9.17) is 4.52 Å². The molecule has 2 aromatic rings. The molecule has 6 nitrogen and oxygen atoms in total. The minimum Gasteiger partial charge on any atom is -0.350 e. The van der Waals surface area contributed by atoms with Crippen molar-refractivity contribution in [1.82, 2.24) is 20.3 Å². The van der Waals surface area contributed by atoms with Gasteiger partial charge in [0.05, 0.1) is 5.69 Å². The van der Waals surface area contributed by atoms with Gasteiger partial charge in [0.1, 0.15) is 0 Å². The number of fused-ring (bicyclic) bond motifs is 2. The minimum absolute atomic E-state index is 0.0721. The average molecular weight is 393 g/mol. The Morgan fingerprint density at radius 2 is 1.79 bits per heavy atom. The average Bonchev–Trinajstić information content (AvgIpc) is 3.02. The van der Waals surface area contributed by atoms with Crippen molar-refractivity contribution in [3.05, 3.63) is 52.9 Å². The number of carbonyl (C=O) groups is 1. The van der Waals surface area contributed by atoms with Crippen LogP contribution in [0.1, 0.15) is 40.2 Å². The summed E-state index contributed by atoms with van der Waals surface area (Å²) in [5, 5.41) is 7.66. The summed E-state index contributed by atoms with van der Waals surface area (Å²) in [4.78, 5) is 18.6. The third kappa shape index (κ3) is 2.76. The molecule has 1 aliphatic carbocycles. The molecule has 6 heteroatoms. The molecular weight excluding hydrogens is 364 g/mol. The van der Waals surface area contributed by atoms with Gasteiger partial charge in [-0.25, -0.2) is 0 Å². The van der Waals surface area contributed by atoms with Crippen LogP contribution >= 0.6 is 0 Å². The van der Waals surface area contributed by atoms with E-state index in [-0.39, 0.29) is 17.4 Å². The van der Waals surface area contributed by atoms with Crippen molar-refractivity contribution in [2.45, 2.75) is 37.1 Å². The van der Waals surface area contributed by atoms with Gasteiger partial charge in [-0.1, -0.05) is 35.5 Å². The normalized spacial score (nSPS) is 35.2. The van der Waals surface area contributed by atoms with Crippen LogP contribution in [-0.4, -0.2) is 66.2 Å². The zero-order chi connectivity index (χ0) is 19.4. The van der Waals surface area contributed by atoms with Crippen molar-refractivity contribution >= 4 is 5.91 Å². The number of aromatic nitrogens is 1. The third-order valence-electron chi connectivity index (χ3n) is 7.60. The van der Waals surface area contributed by atoms with E-state index in [9.17, 15) is 4.79 Å². The molecule has 3 atom stereocenters. The predicted octanol–water partition coefficient (Wildman–Crippen LogP) is 1.85. The monoisotopic (exact) mass is 392 g/mol. The van der Waals surface area contributed by atoms with Crippen molar-refractivity contribution in [2.24, 2.45) is 5.92 Å². The number of piperidine rings is 2. The molecule has 0 saturated carbocycles. The van der Waals surface area contributed by atoms with Crippen LogP contribution in [0.2, 0.25) is 0 Å². The lowest BCUT2D eigenvalue weighted by atomic mass is 9.64. The third-order valence-corrected chi connectivity index (χ3v) is 7.60. The number of nitrogens with zero attached hydrogens (tertiary/aromatic N) is 3. The van der Waals surface area contributed by atoms with Crippen molar-refractivity contribution in [1.29, 1.82) is 0 Å². The molecule has 4 bridgehead atoms. The van der Waals surface area contributed by atoms with Gasteiger partial charge in [0.25, 0.3) is 5.91 Å². The first-order valence-corrected chi connectivity index (χ1v) is 11.0. The molecular formula is C23H28N4O2. The fourth-order valence-corrected chi connectivity index (χ4v) is 6.34. The molecule has 3 unspecified atom stereocenters. The Bertz CT molecular complexity index is 908. The highest BCUT2D eigenvalue weighted by Crippen LogP contribution is 2.43. The van der Waals surface area contributed by atoms with Gasteiger partial charge in [0, 0.05) is 62.2 Å². The van der Waals surface area contributed by atoms with Crippen LogP contribution in [0.25, 0.3) is 0 Å². The first kappa shape index (κ1) is 17.7. The van der Waals surface area contributed by atoms with Gasteiger partial charge in [-0.2, -0.15) is 0 Å². The molecule has 4 fully saturated rings. The molecule has 1 aromatic heterocycles. The van der Waals surface area contributed by atoms with E-state index in [2.05, 4.69) is 50.6 Å². The SMILES string of the molecule is O=C(NC1C2CN3CCN(C2)CC1(c1ccccc1)C3)c1onc2c1CCCC2. The van der Waals surface area contributed by atoms with Crippen LogP contribution in [0.3, 0.4) is 0 Å². The molecule has 5 aliphatic rings. The lowest BCUT2D eigenvalue weighted by Crippen LogP contribution is -2.70. The number of carbonyl (C=O) groups excluding carboxylic acids is 1. The molecule has 5 heterocycles. The van der Waals surface area contributed by atoms with E-state index in [1.165, 1.54) is 5.56 Å². The van der Waals surface area contributed by atoms with Crippen LogP contribution in [0.4, 0.5) is 0 Å². The fraction of sp³-hybridized carbons (Fsp3) is 0.565. The summed E-state index contributed by atoms with van der Waals surface area (Å²) < 4.78 is 5.55. The molecule has 7 rings (SSSR count). The van der Waals surface area contributed by atoms with Crippen molar-refractivity contribution < 1.29 is 9.32 Å². The van der Waals surface area contributed by atoms with E-state index in [1.807, 2.05) is 0 Å². The van der Waals surface area contributed by atoms with E-state index in [1.54, 1.807) is 0 Å². The maximum Gasteiger partial charge on any atom is 0.290 e. The molecule has 4 aliphatic heterocycles. The Balaban J connectivity index is 1.37. The standard InChI is InChI=1S/C23H28N4O2/c28-22(20-18-8-4-5-9-19(18)25-29-20)24-21-16-12-26-10-11-27(13-16)15-23(21,14-26)17-6-2-1-3-7-17/h1-3,6-7,16,21H,4-5,8-15H2,(H,24,28). The van der Waals surface area contributed by atoms with E-state index >= 15 is 0 Å². The number of aryl methyl sites for hydroxylation is 1. The highest BCUT2D eigenvalue weighted by molar-refractivity contribution is 5.93. The number of rotatable bonds is 3. The lowest BCUT2D eigenvalue weighted by Gasteiger charge is -2.55. The van der Waals surface area contributed by atoms with E-state index < -0.39 is 0 Å². The molecule has 1 aromatic carbocycles. The number of benzene rings is 1. The largest absolute Gasteiger partial charge is 0.350 e. The highest BCUT2D eigenvalue weighted by Gasteiger charge is 2.55. The Morgan fingerprint density at radius 3 is 2.55 bits per heavy atom. The summed E-state index contributed by atoms with van der Waals surface area (Å²) in [6.07, 6.45) is 4.07. The highest BCUT2D eigenvalue weighted by atomic mass is 16.5. The Hall–Kier alpha value is -2.18. The number of hydrogen-bond acceptors (Lipinski definition) is 5. The van der Waals surface area contributed by atoms with E-state index in [0.29, 0.717) is 11.7 Å². The fourth-order valence-electron chi connectivity index (χ4n) is 6.34. The summed E-state index contributed by atoms with van der Waals surface area (Å²) in [6, 6.07) is 10.9. The van der Waals surface area contributed by atoms with Crippen LogP contribution < -0.4 is 5.32 Å². The summed E-state index contributed by atoms with van der Waals surface area (Å²) in [5.74, 6) is 0.815. The molecule has 4 saturated heterocycles. The molecule has 0 spiro atoms. The molecule has 0 radical (unpaired) electrons. The van der Waals surface area contributed by atoms with E-state index in [0.717, 1.165) is 76.2 Å². The van der Waals surface area contributed by atoms with Gasteiger partial charge in [-0.05, 0) is 31.2 Å². The van der Waals surface area contributed by atoms with Gasteiger partial charge in [-0.3, -0.25) is 4.79 Å². The molecule has 152 valence electrons. The van der Waals surface area contributed by atoms with Crippen molar-refractivity contribution in [3.63, 3.8) is 0 Å². The van der Waals surface area contributed by atoms with Crippen molar-refractivity contribution in [2.75, 3.05) is 39.3 Å². The number of nitrogens with one attached hydrogen (secondary N) is 1. The second-order valence-electron chi connectivity index (χ2n) is 9.35. The first-order valence-electron chi connectivity index (χ1n) is 11.0. The number of hydrogen-bond donors (Lipinski definition) is 1. The first-order chi connectivity index (χ1) is 14.2. The Morgan fingerprint density at radius 1 is 1.07 bits per heavy atom. The van der Waals surface area contributed by atoms with Gasteiger partial charge < -0.3 is 19.6 Å². The predicted molar refractivity (Wildman–Crippen MR) is 109 cm³/mol. The summed E-state index contributed by atoms with van der Waals surface area (Å²) in [7, 11) is 0. The zero-order valence-electron chi connectivity index (χ0n) is 16.8.